The van der Waals surface area contributed by atoms with Crippen LogP contribution in [-0.4, -0.2) is 45.5 Å². The lowest BCUT2D eigenvalue weighted by Gasteiger charge is -2.20. The fourth-order valence-electron chi connectivity index (χ4n) is 1.33. The van der Waals surface area contributed by atoms with Gasteiger partial charge in [0.25, 0.3) is 0 Å². The Bertz CT molecular complexity index is 523. The molecular weight excluding hydrogens is 252 g/mol. The van der Waals surface area contributed by atoms with E-state index in [2.05, 4.69) is 0 Å². The van der Waals surface area contributed by atoms with Crippen molar-refractivity contribution in [2.24, 2.45) is 0 Å². The number of carbonyl (C=O) groups is 1. The second kappa shape index (κ2) is 5.49. The van der Waals surface area contributed by atoms with Crippen molar-refractivity contribution in [1.82, 2.24) is 4.31 Å². The number of benzene rings is 1. The van der Waals surface area contributed by atoms with Gasteiger partial charge in [-0.15, -0.1) is 0 Å². The molecule has 1 aromatic rings. The fourth-order valence-corrected chi connectivity index (χ4v) is 1.67. The standard InChI is InChI=1S/C12H18N2O3S/c1-10-5-7-11(8-6-10)14(3)12(15)9-13(2)18(4,16)17/h5-8H,9H2,1-4H3. The summed E-state index contributed by atoms with van der Waals surface area (Å²) in [6.45, 7) is 1.80. The Morgan fingerprint density at radius 3 is 2.11 bits per heavy atom. The number of hydrogen-bond donors (Lipinski definition) is 0. The van der Waals surface area contributed by atoms with E-state index in [4.69, 9.17) is 0 Å². The van der Waals surface area contributed by atoms with Gasteiger partial charge in [-0.25, -0.2) is 8.42 Å². The molecule has 5 nitrogen and oxygen atoms in total. The largest absolute Gasteiger partial charge is 0.314 e. The quantitative estimate of drug-likeness (QED) is 0.815. The third-order valence-corrected chi connectivity index (χ3v) is 3.98. The summed E-state index contributed by atoms with van der Waals surface area (Å²) in [6.07, 6.45) is 1.08. The van der Waals surface area contributed by atoms with E-state index in [1.807, 2.05) is 31.2 Å². The van der Waals surface area contributed by atoms with Gasteiger partial charge in [-0.05, 0) is 19.1 Å². The molecule has 0 spiro atoms. The van der Waals surface area contributed by atoms with Crippen LogP contribution in [0.5, 0.6) is 0 Å². The van der Waals surface area contributed by atoms with E-state index >= 15 is 0 Å². The third kappa shape index (κ3) is 3.82. The van der Waals surface area contributed by atoms with E-state index in [-0.39, 0.29) is 12.5 Å². The summed E-state index contributed by atoms with van der Waals surface area (Å²) in [5.74, 6) is -0.272. The molecule has 0 saturated carbocycles. The molecule has 0 aliphatic rings. The summed E-state index contributed by atoms with van der Waals surface area (Å²) in [5, 5.41) is 0. The molecule has 0 bridgehead atoms. The summed E-state index contributed by atoms with van der Waals surface area (Å²) < 4.78 is 23.5. The van der Waals surface area contributed by atoms with Crippen molar-refractivity contribution in [2.45, 2.75) is 6.92 Å². The van der Waals surface area contributed by atoms with Gasteiger partial charge in [-0.1, -0.05) is 17.7 Å². The summed E-state index contributed by atoms with van der Waals surface area (Å²) >= 11 is 0. The van der Waals surface area contributed by atoms with Crippen LogP contribution in [0.4, 0.5) is 5.69 Å². The smallest absolute Gasteiger partial charge is 0.242 e. The van der Waals surface area contributed by atoms with Crippen LogP contribution < -0.4 is 4.90 Å². The number of nitrogens with zero attached hydrogens (tertiary/aromatic N) is 2. The molecule has 100 valence electrons. The predicted molar refractivity (Wildman–Crippen MR) is 72.1 cm³/mol. The van der Waals surface area contributed by atoms with Crippen LogP contribution >= 0.6 is 0 Å². The molecular formula is C12H18N2O3S. The minimum Gasteiger partial charge on any atom is -0.314 e. The molecule has 1 amide bonds. The monoisotopic (exact) mass is 270 g/mol. The number of sulfonamides is 1. The molecule has 0 heterocycles. The molecule has 6 heteroatoms. The maximum atomic E-state index is 11.9. The zero-order chi connectivity index (χ0) is 13.9. The van der Waals surface area contributed by atoms with E-state index in [1.165, 1.54) is 11.9 Å². The van der Waals surface area contributed by atoms with Crippen LogP contribution in [0.3, 0.4) is 0 Å². The minimum absolute atomic E-state index is 0.163. The van der Waals surface area contributed by atoms with Crippen LogP contribution in [-0.2, 0) is 14.8 Å². The Kier molecular flexibility index (Phi) is 4.48. The first-order valence-electron chi connectivity index (χ1n) is 5.46. The summed E-state index contributed by atoms with van der Waals surface area (Å²) in [7, 11) is -0.321. The minimum atomic E-state index is -3.33. The number of carbonyl (C=O) groups excluding carboxylic acids is 1. The van der Waals surface area contributed by atoms with Crippen molar-refractivity contribution in [2.75, 3.05) is 31.8 Å². The SMILES string of the molecule is Cc1ccc(N(C)C(=O)CN(C)S(C)(=O)=O)cc1. The van der Waals surface area contributed by atoms with E-state index < -0.39 is 10.0 Å². The molecule has 0 N–H and O–H groups in total. The van der Waals surface area contributed by atoms with E-state index in [0.717, 1.165) is 21.8 Å². The topological polar surface area (TPSA) is 57.7 Å². The van der Waals surface area contributed by atoms with Gasteiger partial charge in [0.05, 0.1) is 12.8 Å². The van der Waals surface area contributed by atoms with Crippen LogP contribution in [0.25, 0.3) is 0 Å². The first-order valence-corrected chi connectivity index (χ1v) is 7.31. The van der Waals surface area contributed by atoms with Crippen molar-refractivity contribution in [3.8, 4) is 0 Å². The normalized spacial score (nSPS) is 11.6. The second-order valence-corrected chi connectivity index (χ2v) is 6.40. The number of aryl methyl sites for hydroxylation is 1. The molecule has 0 atom stereocenters. The Hall–Kier alpha value is -1.40. The van der Waals surface area contributed by atoms with Crippen molar-refractivity contribution in [3.63, 3.8) is 0 Å². The summed E-state index contributed by atoms with van der Waals surface area (Å²) in [5.41, 5.74) is 1.85. The van der Waals surface area contributed by atoms with E-state index in [1.54, 1.807) is 7.05 Å². The van der Waals surface area contributed by atoms with Crippen molar-refractivity contribution in [1.29, 1.82) is 0 Å². The highest BCUT2D eigenvalue weighted by atomic mass is 32.2. The molecule has 18 heavy (non-hydrogen) atoms. The Labute approximate surface area is 108 Å². The Balaban J connectivity index is 2.76. The average molecular weight is 270 g/mol. The fraction of sp³-hybridized carbons (Fsp3) is 0.417. The van der Waals surface area contributed by atoms with Crippen molar-refractivity contribution in [3.05, 3.63) is 29.8 Å². The van der Waals surface area contributed by atoms with E-state index in [0.29, 0.717) is 0 Å². The molecule has 1 aromatic carbocycles. The third-order valence-electron chi connectivity index (χ3n) is 2.72. The molecule has 0 aromatic heterocycles. The predicted octanol–water partition coefficient (Wildman–Crippen LogP) is 0.849. The van der Waals surface area contributed by atoms with Crippen LogP contribution in [0.15, 0.2) is 24.3 Å². The Morgan fingerprint density at radius 2 is 1.67 bits per heavy atom. The lowest BCUT2D eigenvalue weighted by atomic mass is 10.2. The molecule has 0 unspecified atom stereocenters. The lowest BCUT2D eigenvalue weighted by Crippen LogP contribution is -2.38. The van der Waals surface area contributed by atoms with Crippen molar-refractivity contribution < 1.29 is 13.2 Å². The molecule has 0 radical (unpaired) electrons. The number of rotatable bonds is 4. The zero-order valence-corrected chi connectivity index (χ0v) is 11.9. The molecule has 1 rings (SSSR count). The van der Waals surface area contributed by atoms with Gasteiger partial charge in [0.2, 0.25) is 15.9 Å². The number of hydrogen-bond acceptors (Lipinski definition) is 3. The van der Waals surface area contributed by atoms with Gasteiger partial charge >= 0.3 is 0 Å². The zero-order valence-electron chi connectivity index (χ0n) is 11.0. The highest BCUT2D eigenvalue weighted by Gasteiger charge is 2.18. The van der Waals surface area contributed by atoms with Gasteiger partial charge < -0.3 is 4.90 Å². The Morgan fingerprint density at radius 1 is 1.17 bits per heavy atom. The van der Waals surface area contributed by atoms with Gasteiger partial charge in [-0.3, -0.25) is 4.79 Å². The highest BCUT2D eigenvalue weighted by molar-refractivity contribution is 7.88. The maximum absolute atomic E-state index is 11.9. The second-order valence-electron chi connectivity index (χ2n) is 4.31. The maximum Gasteiger partial charge on any atom is 0.242 e. The number of amides is 1. The molecule has 0 fully saturated rings. The lowest BCUT2D eigenvalue weighted by molar-refractivity contribution is -0.118. The van der Waals surface area contributed by atoms with Crippen LogP contribution in [0.2, 0.25) is 0 Å². The first kappa shape index (κ1) is 14.7. The van der Waals surface area contributed by atoms with Gasteiger partial charge in [0, 0.05) is 19.8 Å². The van der Waals surface area contributed by atoms with E-state index in [9.17, 15) is 13.2 Å². The summed E-state index contributed by atoms with van der Waals surface area (Å²) in [6, 6.07) is 7.46. The molecule has 0 aliphatic carbocycles. The highest BCUT2D eigenvalue weighted by Crippen LogP contribution is 2.13. The first-order chi connectivity index (χ1) is 8.21. The van der Waals surface area contributed by atoms with Gasteiger partial charge in [0.1, 0.15) is 0 Å². The number of likely N-dealkylation sites (N-methyl/N-ethyl adjacent to an activating group) is 2. The number of anilines is 1. The average Bonchev–Trinajstić information content (AvgIpc) is 2.27. The molecule has 0 saturated heterocycles. The van der Waals surface area contributed by atoms with Crippen LogP contribution in [0, 0.1) is 6.92 Å². The van der Waals surface area contributed by atoms with Crippen LogP contribution in [0.1, 0.15) is 5.56 Å². The van der Waals surface area contributed by atoms with Gasteiger partial charge in [-0.2, -0.15) is 4.31 Å². The van der Waals surface area contributed by atoms with Crippen molar-refractivity contribution >= 4 is 21.6 Å². The molecule has 0 aliphatic heterocycles. The van der Waals surface area contributed by atoms with Gasteiger partial charge in [0.15, 0.2) is 0 Å². The summed E-state index contributed by atoms with van der Waals surface area (Å²) in [4.78, 5) is 13.4.